The zero-order valence-electron chi connectivity index (χ0n) is 14.9. The molecule has 0 bridgehead atoms. The van der Waals surface area contributed by atoms with Crippen LogP contribution in [0.5, 0.6) is 0 Å². The number of fused-ring (bicyclic) bond motifs is 1. The molecule has 3 nitrogen and oxygen atoms in total. The Morgan fingerprint density at radius 3 is 2.54 bits per heavy atom. The van der Waals surface area contributed by atoms with Gasteiger partial charge in [0.1, 0.15) is 17.5 Å². The maximum atomic E-state index is 13.5. The van der Waals surface area contributed by atoms with E-state index in [4.69, 9.17) is 4.99 Å². The highest BCUT2D eigenvalue weighted by atomic mass is 19.1. The average Bonchev–Trinajstić information content (AvgIpc) is 2.61. The van der Waals surface area contributed by atoms with E-state index in [-0.39, 0.29) is 12.1 Å². The fourth-order valence-electron chi connectivity index (χ4n) is 4.18. The molecule has 4 rings (SSSR count). The van der Waals surface area contributed by atoms with Crippen molar-refractivity contribution < 1.29 is 8.78 Å². The summed E-state index contributed by atoms with van der Waals surface area (Å²) in [5.41, 5.74) is 2.35. The zero-order valence-corrected chi connectivity index (χ0v) is 14.9. The van der Waals surface area contributed by atoms with Gasteiger partial charge in [0.15, 0.2) is 0 Å². The van der Waals surface area contributed by atoms with Gasteiger partial charge >= 0.3 is 0 Å². The molecule has 2 aromatic carbocycles. The lowest BCUT2D eigenvalue weighted by Crippen LogP contribution is -2.58. The van der Waals surface area contributed by atoms with Gasteiger partial charge in [-0.2, -0.15) is 0 Å². The molecular formula is C21H23F2N3. The molecule has 5 heteroatoms. The van der Waals surface area contributed by atoms with E-state index in [0.717, 1.165) is 42.5 Å². The van der Waals surface area contributed by atoms with Crippen molar-refractivity contribution in [1.29, 1.82) is 0 Å². The van der Waals surface area contributed by atoms with Crippen molar-refractivity contribution >= 4 is 17.2 Å². The Kier molecular flexibility index (Phi) is 4.39. The highest BCUT2D eigenvalue weighted by molar-refractivity contribution is 6.09. The zero-order chi connectivity index (χ0) is 18.1. The summed E-state index contributed by atoms with van der Waals surface area (Å²) in [7, 11) is 0. The molecule has 2 atom stereocenters. The minimum atomic E-state index is -0.568. The fourth-order valence-corrected chi connectivity index (χ4v) is 4.18. The molecule has 1 saturated carbocycles. The van der Waals surface area contributed by atoms with Crippen molar-refractivity contribution in [2.75, 3.05) is 10.6 Å². The molecule has 0 amide bonds. The average molecular weight is 355 g/mol. The van der Waals surface area contributed by atoms with E-state index >= 15 is 0 Å². The normalized spacial score (nSPS) is 26.3. The SMILES string of the molecule is CC1CCCCC12Nc1ccccc1NC2=NCc1cc(F)cc(F)c1. The summed E-state index contributed by atoms with van der Waals surface area (Å²) < 4.78 is 27.0. The van der Waals surface area contributed by atoms with Gasteiger partial charge in [0.2, 0.25) is 0 Å². The Labute approximate surface area is 152 Å². The number of anilines is 2. The fraction of sp³-hybridized carbons (Fsp3) is 0.381. The topological polar surface area (TPSA) is 36.4 Å². The van der Waals surface area contributed by atoms with Gasteiger partial charge in [0.05, 0.1) is 23.5 Å². The van der Waals surface area contributed by atoms with Gasteiger partial charge in [-0.15, -0.1) is 0 Å². The van der Waals surface area contributed by atoms with Crippen molar-refractivity contribution in [2.45, 2.75) is 44.7 Å². The summed E-state index contributed by atoms with van der Waals surface area (Å²) in [6.07, 6.45) is 4.47. The van der Waals surface area contributed by atoms with Crippen LogP contribution in [0.3, 0.4) is 0 Å². The first kappa shape index (κ1) is 17.0. The molecular weight excluding hydrogens is 332 g/mol. The van der Waals surface area contributed by atoms with E-state index in [9.17, 15) is 8.78 Å². The van der Waals surface area contributed by atoms with Gasteiger partial charge in [-0.05, 0) is 48.6 Å². The van der Waals surface area contributed by atoms with Gasteiger partial charge in [0, 0.05) is 6.07 Å². The minimum absolute atomic E-state index is 0.245. The monoisotopic (exact) mass is 355 g/mol. The number of amidine groups is 1. The summed E-state index contributed by atoms with van der Waals surface area (Å²) in [5.74, 6) is 0.148. The van der Waals surface area contributed by atoms with E-state index in [1.54, 1.807) is 0 Å². The third-order valence-corrected chi connectivity index (χ3v) is 5.60. The van der Waals surface area contributed by atoms with E-state index in [2.05, 4.69) is 23.6 Å². The van der Waals surface area contributed by atoms with Gasteiger partial charge < -0.3 is 10.6 Å². The van der Waals surface area contributed by atoms with Crippen LogP contribution in [0.1, 0.15) is 38.2 Å². The van der Waals surface area contributed by atoms with E-state index < -0.39 is 11.6 Å². The minimum Gasteiger partial charge on any atom is -0.371 e. The van der Waals surface area contributed by atoms with Gasteiger partial charge in [-0.1, -0.05) is 31.9 Å². The van der Waals surface area contributed by atoms with Crippen LogP contribution in [0.2, 0.25) is 0 Å². The van der Waals surface area contributed by atoms with Crippen LogP contribution in [-0.4, -0.2) is 11.4 Å². The number of para-hydroxylation sites is 2. The molecule has 1 spiro atoms. The first-order valence-corrected chi connectivity index (χ1v) is 9.21. The quantitative estimate of drug-likeness (QED) is 0.762. The molecule has 2 unspecified atom stereocenters. The number of aliphatic imine (C=N–C) groups is 1. The predicted molar refractivity (Wildman–Crippen MR) is 102 cm³/mol. The molecule has 1 aliphatic carbocycles. The lowest BCUT2D eigenvalue weighted by Gasteiger charge is -2.48. The van der Waals surface area contributed by atoms with E-state index in [1.165, 1.54) is 18.6 Å². The molecule has 2 N–H and O–H groups in total. The predicted octanol–water partition coefficient (Wildman–Crippen LogP) is 5.35. The van der Waals surface area contributed by atoms with Crippen LogP contribution in [0.15, 0.2) is 47.5 Å². The highest BCUT2D eigenvalue weighted by Gasteiger charge is 2.45. The summed E-state index contributed by atoms with van der Waals surface area (Å²) in [6, 6.07) is 11.7. The maximum Gasteiger partial charge on any atom is 0.127 e. The molecule has 0 saturated heterocycles. The standard InChI is InChI=1S/C21H23F2N3/c1-14-6-4-5-9-21(14)20(25-18-7-2-3-8-19(18)26-21)24-13-15-10-16(22)12-17(23)11-15/h2-3,7-8,10-12,14,26H,4-6,9,13H2,1H3,(H,24,25). The Bertz CT molecular complexity index is 829. The first-order valence-electron chi connectivity index (χ1n) is 9.21. The highest BCUT2D eigenvalue weighted by Crippen LogP contribution is 2.42. The smallest absolute Gasteiger partial charge is 0.127 e. The van der Waals surface area contributed by atoms with Crippen molar-refractivity contribution in [1.82, 2.24) is 0 Å². The van der Waals surface area contributed by atoms with Crippen LogP contribution in [0.4, 0.5) is 20.2 Å². The number of hydrogen-bond donors (Lipinski definition) is 2. The molecule has 26 heavy (non-hydrogen) atoms. The van der Waals surface area contributed by atoms with Crippen molar-refractivity contribution in [3.63, 3.8) is 0 Å². The van der Waals surface area contributed by atoms with Gasteiger partial charge in [-0.25, -0.2) is 8.78 Å². The first-order chi connectivity index (χ1) is 12.6. The van der Waals surface area contributed by atoms with Crippen LogP contribution in [0, 0.1) is 17.6 Å². The van der Waals surface area contributed by atoms with Crippen LogP contribution in [0.25, 0.3) is 0 Å². The Hall–Kier alpha value is -2.43. The summed E-state index contributed by atoms with van der Waals surface area (Å²) in [6.45, 7) is 2.49. The number of nitrogens with zero attached hydrogens (tertiary/aromatic N) is 1. The van der Waals surface area contributed by atoms with Crippen LogP contribution < -0.4 is 10.6 Å². The van der Waals surface area contributed by atoms with Gasteiger partial charge in [0.25, 0.3) is 0 Å². The van der Waals surface area contributed by atoms with Crippen LogP contribution in [-0.2, 0) is 6.54 Å². The lowest BCUT2D eigenvalue weighted by molar-refractivity contribution is 0.296. The molecule has 1 fully saturated rings. The number of halogens is 2. The third-order valence-electron chi connectivity index (χ3n) is 5.60. The van der Waals surface area contributed by atoms with E-state index in [0.29, 0.717) is 11.5 Å². The van der Waals surface area contributed by atoms with Crippen molar-refractivity contribution in [2.24, 2.45) is 10.9 Å². The summed E-state index contributed by atoms with van der Waals surface area (Å²) in [5, 5.41) is 7.22. The largest absolute Gasteiger partial charge is 0.371 e. The second kappa shape index (κ2) is 6.71. The lowest BCUT2D eigenvalue weighted by atomic mass is 9.71. The molecule has 2 aliphatic rings. The van der Waals surface area contributed by atoms with E-state index in [1.807, 2.05) is 18.2 Å². The Morgan fingerprint density at radius 2 is 1.81 bits per heavy atom. The number of hydrogen-bond acceptors (Lipinski definition) is 2. The molecule has 1 aliphatic heterocycles. The van der Waals surface area contributed by atoms with Crippen LogP contribution >= 0.6 is 0 Å². The van der Waals surface area contributed by atoms with Crippen molar-refractivity contribution in [3.05, 3.63) is 59.7 Å². The van der Waals surface area contributed by atoms with Gasteiger partial charge in [-0.3, -0.25) is 4.99 Å². The second-order valence-corrected chi connectivity index (χ2v) is 7.36. The molecule has 0 aromatic heterocycles. The summed E-state index contributed by atoms with van der Waals surface area (Å²) in [4.78, 5) is 4.77. The Morgan fingerprint density at radius 1 is 1.08 bits per heavy atom. The van der Waals surface area contributed by atoms with Crippen molar-refractivity contribution in [3.8, 4) is 0 Å². The molecule has 136 valence electrons. The number of rotatable bonds is 2. The third kappa shape index (κ3) is 3.06. The molecule has 1 heterocycles. The Balaban J connectivity index is 1.71. The number of nitrogens with one attached hydrogen (secondary N) is 2. The summed E-state index contributed by atoms with van der Waals surface area (Å²) >= 11 is 0. The molecule has 0 radical (unpaired) electrons. The second-order valence-electron chi connectivity index (χ2n) is 7.36. The number of benzene rings is 2. The maximum absolute atomic E-state index is 13.5. The molecule has 2 aromatic rings.